The van der Waals surface area contributed by atoms with Gasteiger partial charge in [0.25, 0.3) is 0 Å². The van der Waals surface area contributed by atoms with E-state index in [9.17, 15) is 29.1 Å². The van der Waals surface area contributed by atoms with E-state index < -0.39 is 59.9 Å². The summed E-state index contributed by atoms with van der Waals surface area (Å²) in [4.78, 5) is 61.7. The van der Waals surface area contributed by atoms with Gasteiger partial charge in [0.15, 0.2) is 6.04 Å². The van der Waals surface area contributed by atoms with Gasteiger partial charge in [-0.05, 0) is 38.5 Å². The van der Waals surface area contributed by atoms with Crippen molar-refractivity contribution < 1.29 is 39.3 Å². The number of hydrogen-bond acceptors (Lipinski definition) is 7. The van der Waals surface area contributed by atoms with Crippen LogP contribution in [-0.2, 0) is 24.0 Å². The first-order chi connectivity index (χ1) is 14.8. The lowest BCUT2D eigenvalue weighted by Crippen LogP contribution is -2.58. The van der Waals surface area contributed by atoms with Gasteiger partial charge in [-0.3, -0.25) is 19.2 Å². The van der Waals surface area contributed by atoms with E-state index in [2.05, 4.69) is 10.6 Å². The van der Waals surface area contributed by atoms with Crippen LogP contribution in [0.3, 0.4) is 0 Å². The molecule has 12 heteroatoms. The van der Waals surface area contributed by atoms with Crippen LogP contribution in [0.4, 0.5) is 0 Å². The van der Waals surface area contributed by atoms with Crippen molar-refractivity contribution in [3.8, 4) is 0 Å². The van der Waals surface area contributed by atoms with Crippen LogP contribution in [-0.4, -0.2) is 86.7 Å². The zero-order valence-electron chi connectivity index (χ0n) is 18.6. The van der Waals surface area contributed by atoms with Gasteiger partial charge in [-0.1, -0.05) is 13.8 Å². The van der Waals surface area contributed by atoms with Crippen LogP contribution in [0, 0.1) is 5.92 Å². The maximum atomic E-state index is 13.1. The lowest BCUT2D eigenvalue weighted by molar-refractivity contribution is -0.147. The fourth-order valence-corrected chi connectivity index (χ4v) is 3.56. The lowest BCUT2D eigenvalue weighted by Gasteiger charge is -2.30. The minimum atomic E-state index is -1.54. The van der Waals surface area contributed by atoms with Crippen LogP contribution >= 0.6 is 0 Å². The Morgan fingerprint density at radius 1 is 1.09 bits per heavy atom. The van der Waals surface area contributed by atoms with E-state index in [1.165, 1.54) is 11.8 Å². The minimum Gasteiger partial charge on any atom is -0.481 e. The van der Waals surface area contributed by atoms with Crippen molar-refractivity contribution in [2.45, 2.75) is 83.1 Å². The topological polar surface area (TPSA) is 199 Å². The van der Waals surface area contributed by atoms with Gasteiger partial charge in [0.05, 0.1) is 12.1 Å². The van der Waals surface area contributed by atoms with Gasteiger partial charge < -0.3 is 36.6 Å². The summed E-state index contributed by atoms with van der Waals surface area (Å²) in [6.45, 7) is 5.16. The van der Waals surface area contributed by atoms with E-state index in [0.29, 0.717) is 12.8 Å². The van der Waals surface area contributed by atoms with Crippen LogP contribution in [0.2, 0.25) is 0 Å². The van der Waals surface area contributed by atoms with E-state index in [0.717, 1.165) is 0 Å². The Morgan fingerprint density at radius 2 is 1.72 bits per heavy atom. The molecule has 7 N–H and O–H groups in total. The molecule has 1 heterocycles. The Hall–Kier alpha value is -2.73. The Labute approximate surface area is 186 Å². The number of hydrogen-bond donors (Lipinski definition) is 6. The number of aliphatic hydroxyl groups is 1. The van der Waals surface area contributed by atoms with E-state index in [-0.39, 0.29) is 31.7 Å². The van der Waals surface area contributed by atoms with Crippen molar-refractivity contribution in [1.82, 2.24) is 15.5 Å². The first kappa shape index (κ1) is 27.3. The molecule has 1 aliphatic heterocycles. The van der Waals surface area contributed by atoms with Crippen molar-refractivity contribution in [2.24, 2.45) is 11.7 Å². The third kappa shape index (κ3) is 8.08. The molecule has 1 rings (SSSR count). The van der Waals surface area contributed by atoms with Gasteiger partial charge >= 0.3 is 11.9 Å². The molecule has 182 valence electrons. The summed E-state index contributed by atoms with van der Waals surface area (Å²) in [5.41, 5.74) is 5.87. The summed E-state index contributed by atoms with van der Waals surface area (Å²) in [6, 6.07) is -4.62. The monoisotopic (exact) mass is 458 g/mol. The van der Waals surface area contributed by atoms with Crippen molar-refractivity contribution in [3.63, 3.8) is 0 Å². The highest BCUT2D eigenvalue weighted by Gasteiger charge is 2.39. The quantitative estimate of drug-likeness (QED) is 0.204. The number of carbonyl (C=O) groups is 5. The number of carboxylic acids is 2. The molecule has 1 saturated heterocycles. The molecule has 0 radical (unpaired) electrons. The molecule has 0 saturated carbocycles. The van der Waals surface area contributed by atoms with Gasteiger partial charge in [-0.2, -0.15) is 0 Å². The number of aliphatic carboxylic acids is 2. The molecule has 1 fully saturated rings. The molecular weight excluding hydrogens is 424 g/mol. The molecule has 32 heavy (non-hydrogen) atoms. The van der Waals surface area contributed by atoms with E-state index >= 15 is 0 Å². The highest BCUT2D eigenvalue weighted by atomic mass is 16.4. The van der Waals surface area contributed by atoms with E-state index in [1.54, 1.807) is 0 Å². The SMILES string of the molecule is CC(C)C[C@H](N)C(=O)N[C@@H](CCC(=O)O)C(=O)N1CCC[C@H]1C(=O)N[C@H](C(=O)O)[C@@H](C)O. The highest BCUT2D eigenvalue weighted by molar-refractivity contribution is 5.94. The molecule has 0 aromatic heterocycles. The molecule has 3 amide bonds. The molecule has 0 aliphatic carbocycles. The van der Waals surface area contributed by atoms with Crippen LogP contribution < -0.4 is 16.4 Å². The van der Waals surface area contributed by atoms with Crippen LogP contribution in [0.15, 0.2) is 0 Å². The number of rotatable bonds is 12. The van der Waals surface area contributed by atoms with Crippen LogP contribution in [0.25, 0.3) is 0 Å². The first-order valence-corrected chi connectivity index (χ1v) is 10.6. The molecule has 5 atom stereocenters. The average Bonchev–Trinajstić information content (AvgIpc) is 3.17. The Morgan fingerprint density at radius 3 is 2.22 bits per heavy atom. The standard InChI is InChI=1S/C20H34N4O8/c1-10(2)9-12(21)17(28)22-13(6-7-15(26)27)19(30)24-8-4-5-14(24)18(29)23-16(11(3)25)20(31)32/h10-14,16,25H,4-9,21H2,1-3H3,(H,22,28)(H,23,29)(H,26,27)(H,31,32)/t11-,12+,13+,14+,16+/m1/s1. The number of nitrogens with one attached hydrogen (secondary N) is 2. The largest absolute Gasteiger partial charge is 0.481 e. The van der Waals surface area contributed by atoms with Crippen molar-refractivity contribution in [2.75, 3.05) is 6.54 Å². The summed E-state index contributed by atoms with van der Waals surface area (Å²) in [7, 11) is 0. The summed E-state index contributed by atoms with van der Waals surface area (Å²) >= 11 is 0. The molecule has 0 aromatic rings. The van der Waals surface area contributed by atoms with Crippen molar-refractivity contribution in [3.05, 3.63) is 0 Å². The Bertz CT molecular complexity index is 712. The first-order valence-electron chi connectivity index (χ1n) is 10.6. The van der Waals surface area contributed by atoms with Crippen LogP contribution in [0.1, 0.15) is 52.9 Å². The number of carbonyl (C=O) groups excluding carboxylic acids is 3. The van der Waals surface area contributed by atoms with Gasteiger partial charge in [-0.25, -0.2) is 4.79 Å². The van der Waals surface area contributed by atoms with E-state index in [1.807, 2.05) is 13.8 Å². The summed E-state index contributed by atoms with van der Waals surface area (Å²) in [5, 5.41) is 32.5. The Balaban J connectivity index is 2.98. The molecule has 0 spiro atoms. The summed E-state index contributed by atoms with van der Waals surface area (Å²) < 4.78 is 0. The van der Waals surface area contributed by atoms with Gasteiger partial charge in [0.1, 0.15) is 12.1 Å². The smallest absolute Gasteiger partial charge is 0.328 e. The summed E-state index contributed by atoms with van der Waals surface area (Å²) in [5.74, 6) is -4.42. The van der Waals surface area contributed by atoms with Gasteiger partial charge in [-0.15, -0.1) is 0 Å². The van der Waals surface area contributed by atoms with Crippen LogP contribution in [0.5, 0.6) is 0 Å². The second kappa shape index (κ2) is 12.3. The number of likely N-dealkylation sites (tertiary alicyclic amines) is 1. The number of amides is 3. The summed E-state index contributed by atoms with van der Waals surface area (Å²) in [6.07, 6.45) is -0.837. The average molecular weight is 459 g/mol. The number of aliphatic hydroxyl groups excluding tert-OH is 1. The normalized spacial score (nSPS) is 19.7. The molecule has 12 nitrogen and oxygen atoms in total. The maximum Gasteiger partial charge on any atom is 0.328 e. The molecule has 0 unspecified atom stereocenters. The Kier molecular flexibility index (Phi) is 10.5. The molecule has 1 aliphatic rings. The highest BCUT2D eigenvalue weighted by Crippen LogP contribution is 2.20. The lowest BCUT2D eigenvalue weighted by atomic mass is 10.0. The fourth-order valence-electron chi connectivity index (χ4n) is 3.56. The zero-order valence-corrected chi connectivity index (χ0v) is 18.6. The maximum absolute atomic E-state index is 13.1. The van der Waals surface area contributed by atoms with Crippen molar-refractivity contribution >= 4 is 29.7 Å². The van der Waals surface area contributed by atoms with E-state index in [4.69, 9.17) is 15.9 Å². The fraction of sp³-hybridized carbons (Fsp3) is 0.750. The number of nitrogens with two attached hydrogens (primary N) is 1. The van der Waals surface area contributed by atoms with Crippen molar-refractivity contribution in [1.29, 1.82) is 0 Å². The molecular formula is C20H34N4O8. The predicted octanol–water partition coefficient (Wildman–Crippen LogP) is -1.35. The number of carboxylic acid groups (broad SMARTS) is 2. The second-order valence-corrected chi connectivity index (χ2v) is 8.48. The third-order valence-electron chi connectivity index (χ3n) is 5.21. The van der Waals surface area contributed by atoms with Gasteiger partial charge in [0.2, 0.25) is 17.7 Å². The number of nitrogens with zero attached hydrogens (tertiary/aromatic N) is 1. The second-order valence-electron chi connectivity index (χ2n) is 8.48. The van der Waals surface area contributed by atoms with Gasteiger partial charge in [0, 0.05) is 13.0 Å². The zero-order chi connectivity index (χ0) is 24.6. The molecule has 0 bridgehead atoms. The minimum absolute atomic E-state index is 0.131. The third-order valence-corrected chi connectivity index (χ3v) is 5.21. The predicted molar refractivity (Wildman–Crippen MR) is 112 cm³/mol. The molecule has 0 aromatic carbocycles.